The van der Waals surface area contributed by atoms with Crippen LogP contribution in [0.2, 0.25) is 0 Å². The van der Waals surface area contributed by atoms with Gasteiger partial charge in [0.2, 0.25) is 5.91 Å². The van der Waals surface area contributed by atoms with E-state index in [4.69, 9.17) is 5.73 Å². The predicted octanol–water partition coefficient (Wildman–Crippen LogP) is 0.914. The number of carbonyl (C=O) groups excluding carboxylic acids is 1. The van der Waals surface area contributed by atoms with Gasteiger partial charge in [-0.05, 0) is 38.9 Å². The van der Waals surface area contributed by atoms with E-state index in [9.17, 15) is 4.79 Å². The van der Waals surface area contributed by atoms with Gasteiger partial charge in [-0.2, -0.15) is 0 Å². The second kappa shape index (κ2) is 6.97. The van der Waals surface area contributed by atoms with Crippen molar-refractivity contribution in [3.63, 3.8) is 0 Å². The lowest BCUT2D eigenvalue weighted by Crippen LogP contribution is -2.47. The molecule has 2 N–H and O–H groups in total. The lowest BCUT2D eigenvalue weighted by Gasteiger charge is -2.36. The largest absolute Gasteiger partial charge is 0.341 e. The Morgan fingerprint density at radius 2 is 2.29 bits per heavy atom. The smallest absolute Gasteiger partial charge is 0.222 e. The monoisotopic (exact) mass is 241 g/mol. The summed E-state index contributed by atoms with van der Waals surface area (Å²) in [5.74, 6) is 0.592. The van der Waals surface area contributed by atoms with Crippen molar-refractivity contribution in [1.82, 2.24) is 9.80 Å². The van der Waals surface area contributed by atoms with Gasteiger partial charge in [0.1, 0.15) is 0 Å². The third-order valence-electron chi connectivity index (χ3n) is 3.91. The molecule has 4 heteroatoms. The number of nitrogens with zero attached hydrogens (tertiary/aromatic N) is 2. The number of hydrogen-bond acceptors (Lipinski definition) is 3. The summed E-state index contributed by atoms with van der Waals surface area (Å²) in [5.41, 5.74) is 5.65. The third kappa shape index (κ3) is 4.28. The number of rotatable bonds is 5. The second-order valence-corrected chi connectivity index (χ2v) is 5.28. The first-order valence-electron chi connectivity index (χ1n) is 6.72. The molecule has 1 heterocycles. The minimum absolute atomic E-state index is 0.252. The van der Waals surface area contributed by atoms with Crippen molar-refractivity contribution in [2.24, 2.45) is 11.7 Å². The lowest BCUT2D eigenvalue weighted by molar-refractivity contribution is -0.133. The van der Waals surface area contributed by atoms with E-state index in [-0.39, 0.29) is 5.91 Å². The van der Waals surface area contributed by atoms with Crippen LogP contribution in [0.15, 0.2) is 0 Å². The molecule has 1 amide bonds. The van der Waals surface area contributed by atoms with E-state index in [0.717, 1.165) is 25.9 Å². The minimum Gasteiger partial charge on any atom is -0.341 e. The molecule has 0 spiro atoms. The summed E-state index contributed by atoms with van der Waals surface area (Å²) in [5, 5.41) is 0. The summed E-state index contributed by atoms with van der Waals surface area (Å²) in [4.78, 5) is 16.4. The molecule has 1 aliphatic heterocycles. The fraction of sp³-hybridized carbons (Fsp3) is 0.923. The molecule has 0 bridgehead atoms. The van der Waals surface area contributed by atoms with E-state index >= 15 is 0 Å². The van der Waals surface area contributed by atoms with Gasteiger partial charge in [-0.1, -0.05) is 13.3 Å². The van der Waals surface area contributed by atoms with Crippen LogP contribution in [0.5, 0.6) is 0 Å². The fourth-order valence-electron chi connectivity index (χ4n) is 2.44. The van der Waals surface area contributed by atoms with Crippen LogP contribution in [0.3, 0.4) is 0 Å². The zero-order valence-electron chi connectivity index (χ0n) is 11.5. The maximum absolute atomic E-state index is 12.1. The highest BCUT2D eigenvalue weighted by atomic mass is 16.2. The molecule has 1 aliphatic rings. The van der Waals surface area contributed by atoms with Gasteiger partial charge in [0.05, 0.1) is 0 Å². The Kier molecular flexibility index (Phi) is 5.92. The molecule has 0 radical (unpaired) electrons. The number of hydrogen-bond donors (Lipinski definition) is 1. The molecule has 1 rings (SSSR count). The molecular weight excluding hydrogens is 214 g/mol. The van der Waals surface area contributed by atoms with Gasteiger partial charge in [-0.15, -0.1) is 0 Å². The van der Waals surface area contributed by atoms with E-state index < -0.39 is 0 Å². The first kappa shape index (κ1) is 14.5. The molecule has 2 unspecified atom stereocenters. The summed E-state index contributed by atoms with van der Waals surface area (Å²) in [6.07, 6.45) is 3.91. The Morgan fingerprint density at radius 1 is 1.59 bits per heavy atom. The van der Waals surface area contributed by atoms with Crippen LogP contribution < -0.4 is 5.73 Å². The fourth-order valence-corrected chi connectivity index (χ4v) is 2.44. The van der Waals surface area contributed by atoms with Crippen molar-refractivity contribution in [2.45, 2.75) is 38.6 Å². The number of likely N-dealkylation sites (N-methyl/N-ethyl adjacent to an activating group) is 2. The van der Waals surface area contributed by atoms with Gasteiger partial charge >= 0.3 is 0 Å². The molecule has 0 saturated carbocycles. The topological polar surface area (TPSA) is 49.6 Å². The number of likely N-dealkylation sites (tertiary alicyclic amines) is 1. The summed E-state index contributed by atoms with van der Waals surface area (Å²) < 4.78 is 0. The van der Waals surface area contributed by atoms with Gasteiger partial charge in [0, 0.05) is 26.1 Å². The zero-order chi connectivity index (χ0) is 12.8. The highest BCUT2D eigenvalue weighted by molar-refractivity contribution is 5.76. The van der Waals surface area contributed by atoms with E-state index in [1.54, 1.807) is 0 Å². The second-order valence-electron chi connectivity index (χ2n) is 5.28. The standard InChI is InChI=1S/C13H27N3O/c1-4-11(9-14)8-13(17)16(3)12-6-5-7-15(2)10-12/h11-12H,4-10,14H2,1-3H3. The Morgan fingerprint density at radius 3 is 2.82 bits per heavy atom. The van der Waals surface area contributed by atoms with Crippen LogP contribution in [0.1, 0.15) is 32.6 Å². The highest BCUT2D eigenvalue weighted by Crippen LogP contribution is 2.16. The normalized spacial score (nSPS) is 23.4. The molecule has 2 atom stereocenters. The quantitative estimate of drug-likeness (QED) is 0.778. The third-order valence-corrected chi connectivity index (χ3v) is 3.91. The Balaban J connectivity index is 2.45. The van der Waals surface area contributed by atoms with E-state index in [0.29, 0.717) is 24.9 Å². The Bertz CT molecular complexity index is 241. The summed E-state index contributed by atoms with van der Waals surface area (Å²) in [7, 11) is 4.06. The molecule has 0 aromatic heterocycles. The van der Waals surface area contributed by atoms with Gasteiger partial charge in [0.15, 0.2) is 0 Å². The highest BCUT2D eigenvalue weighted by Gasteiger charge is 2.25. The predicted molar refractivity (Wildman–Crippen MR) is 70.7 cm³/mol. The van der Waals surface area contributed by atoms with Crippen LogP contribution in [0, 0.1) is 5.92 Å². The molecule has 0 aromatic carbocycles. The summed E-state index contributed by atoms with van der Waals surface area (Å²) >= 11 is 0. The molecule has 4 nitrogen and oxygen atoms in total. The Labute approximate surface area is 105 Å². The number of piperidine rings is 1. The summed E-state index contributed by atoms with van der Waals surface area (Å²) in [6, 6.07) is 0.386. The SMILES string of the molecule is CCC(CN)CC(=O)N(C)C1CCCN(C)C1. The van der Waals surface area contributed by atoms with E-state index in [1.165, 1.54) is 6.42 Å². The molecular formula is C13H27N3O. The zero-order valence-corrected chi connectivity index (χ0v) is 11.5. The number of amides is 1. The number of carbonyl (C=O) groups is 1. The molecule has 100 valence electrons. The van der Waals surface area contributed by atoms with Crippen molar-refractivity contribution >= 4 is 5.91 Å². The van der Waals surface area contributed by atoms with Crippen molar-refractivity contribution in [3.8, 4) is 0 Å². The van der Waals surface area contributed by atoms with Gasteiger partial charge < -0.3 is 15.5 Å². The first-order valence-corrected chi connectivity index (χ1v) is 6.72. The minimum atomic E-state index is 0.252. The summed E-state index contributed by atoms with van der Waals surface area (Å²) in [6.45, 7) is 4.86. The van der Waals surface area contributed by atoms with Crippen LogP contribution in [-0.2, 0) is 4.79 Å². The molecule has 0 aliphatic carbocycles. The molecule has 1 saturated heterocycles. The van der Waals surface area contributed by atoms with Crippen molar-refractivity contribution in [2.75, 3.05) is 33.7 Å². The van der Waals surface area contributed by atoms with Crippen LogP contribution in [-0.4, -0.2) is 55.5 Å². The Hall–Kier alpha value is -0.610. The molecule has 1 fully saturated rings. The molecule has 17 heavy (non-hydrogen) atoms. The van der Waals surface area contributed by atoms with Crippen LogP contribution >= 0.6 is 0 Å². The molecule has 0 aromatic rings. The van der Waals surface area contributed by atoms with Crippen molar-refractivity contribution < 1.29 is 4.79 Å². The van der Waals surface area contributed by atoms with Crippen molar-refractivity contribution in [1.29, 1.82) is 0 Å². The lowest BCUT2D eigenvalue weighted by atomic mass is 10.00. The first-order chi connectivity index (χ1) is 8.08. The van der Waals surface area contributed by atoms with Crippen LogP contribution in [0.4, 0.5) is 0 Å². The maximum atomic E-state index is 12.1. The van der Waals surface area contributed by atoms with Crippen molar-refractivity contribution in [3.05, 3.63) is 0 Å². The van der Waals surface area contributed by atoms with E-state index in [2.05, 4.69) is 18.9 Å². The average Bonchev–Trinajstić information content (AvgIpc) is 2.34. The number of nitrogens with two attached hydrogens (primary N) is 1. The van der Waals surface area contributed by atoms with Gasteiger partial charge in [-0.25, -0.2) is 0 Å². The average molecular weight is 241 g/mol. The van der Waals surface area contributed by atoms with Gasteiger partial charge in [0.25, 0.3) is 0 Å². The van der Waals surface area contributed by atoms with E-state index in [1.807, 2.05) is 11.9 Å². The van der Waals surface area contributed by atoms with Gasteiger partial charge in [-0.3, -0.25) is 4.79 Å². The van der Waals surface area contributed by atoms with Crippen LogP contribution in [0.25, 0.3) is 0 Å². The maximum Gasteiger partial charge on any atom is 0.222 e.